The average molecular weight is 209 g/mol. The van der Waals surface area contributed by atoms with Crippen molar-refractivity contribution in [2.75, 3.05) is 18.5 Å². The number of aliphatic hydroxyl groups is 1. The van der Waals surface area contributed by atoms with Crippen molar-refractivity contribution < 1.29 is 9.50 Å². The van der Waals surface area contributed by atoms with E-state index >= 15 is 0 Å². The minimum atomic E-state index is -0.372. The van der Waals surface area contributed by atoms with Crippen molar-refractivity contribution in [2.24, 2.45) is 0 Å². The van der Waals surface area contributed by atoms with Crippen LogP contribution in [-0.4, -0.2) is 18.7 Å². The maximum atomic E-state index is 13.3. The molecule has 1 N–H and O–H groups in total. The molecule has 0 amide bonds. The molecule has 3 heteroatoms. The second kappa shape index (κ2) is 4.94. The van der Waals surface area contributed by atoms with E-state index in [4.69, 9.17) is 5.11 Å². The summed E-state index contributed by atoms with van der Waals surface area (Å²) < 4.78 is 13.3. The summed E-state index contributed by atoms with van der Waals surface area (Å²) in [7, 11) is 1.85. The van der Waals surface area contributed by atoms with Gasteiger partial charge in [-0.15, -0.1) is 0 Å². The van der Waals surface area contributed by atoms with Gasteiger partial charge in [0.25, 0.3) is 0 Å². The van der Waals surface area contributed by atoms with Gasteiger partial charge in [0.2, 0.25) is 0 Å². The number of anilines is 1. The topological polar surface area (TPSA) is 23.5 Å². The zero-order valence-electron chi connectivity index (χ0n) is 9.13. The lowest BCUT2D eigenvalue weighted by molar-refractivity contribution is 0.276. The molecule has 1 aromatic rings. The van der Waals surface area contributed by atoms with Crippen molar-refractivity contribution in [3.8, 4) is 0 Å². The summed E-state index contributed by atoms with van der Waals surface area (Å²) in [5.74, 6) is -0.372. The van der Waals surface area contributed by atoms with Crippen LogP contribution in [0.2, 0.25) is 0 Å². The molecule has 15 heavy (non-hydrogen) atoms. The maximum absolute atomic E-state index is 13.3. The molecule has 0 saturated carbocycles. The molecule has 0 aliphatic carbocycles. The molecule has 0 saturated heterocycles. The smallest absolute Gasteiger partial charge is 0.130 e. The summed E-state index contributed by atoms with van der Waals surface area (Å²) in [6.45, 7) is 6.07. The van der Waals surface area contributed by atoms with E-state index in [0.29, 0.717) is 17.8 Å². The molecule has 0 heterocycles. The van der Waals surface area contributed by atoms with Crippen LogP contribution in [-0.2, 0) is 6.61 Å². The number of likely N-dealkylation sites (N-methyl/N-ethyl adjacent to an activating group) is 1. The van der Waals surface area contributed by atoms with Gasteiger partial charge in [0.15, 0.2) is 0 Å². The number of rotatable bonds is 4. The van der Waals surface area contributed by atoms with Crippen LogP contribution in [0.15, 0.2) is 30.4 Å². The van der Waals surface area contributed by atoms with Crippen LogP contribution in [0.1, 0.15) is 12.5 Å². The van der Waals surface area contributed by atoms with E-state index in [1.807, 2.05) is 18.9 Å². The Hall–Kier alpha value is -1.35. The molecule has 0 spiro atoms. The SMILES string of the molecule is C=C(C)CN(C)c1cccc(F)c1CO. The van der Waals surface area contributed by atoms with E-state index in [1.165, 1.54) is 6.07 Å². The number of halogens is 1. The molecular weight excluding hydrogens is 193 g/mol. The first-order valence-corrected chi connectivity index (χ1v) is 4.80. The molecule has 2 nitrogen and oxygen atoms in total. The quantitative estimate of drug-likeness (QED) is 0.769. The predicted molar refractivity (Wildman–Crippen MR) is 60.4 cm³/mol. The Labute approximate surface area is 89.7 Å². The van der Waals surface area contributed by atoms with Crippen LogP contribution >= 0.6 is 0 Å². The van der Waals surface area contributed by atoms with E-state index in [-0.39, 0.29) is 12.4 Å². The Bertz CT molecular complexity index is 363. The maximum Gasteiger partial charge on any atom is 0.130 e. The van der Waals surface area contributed by atoms with Gasteiger partial charge in [0, 0.05) is 24.8 Å². The first-order chi connectivity index (χ1) is 7.06. The van der Waals surface area contributed by atoms with Gasteiger partial charge in [0.05, 0.1) is 6.61 Å². The van der Waals surface area contributed by atoms with Crippen molar-refractivity contribution in [2.45, 2.75) is 13.5 Å². The van der Waals surface area contributed by atoms with Gasteiger partial charge in [0.1, 0.15) is 5.82 Å². The number of aliphatic hydroxyl groups excluding tert-OH is 1. The van der Waals surface area contributed by atoms with Crippen LogP contribution in [0.5, 0.6) is 0 Å². The predicted octanol–water partition coefficient (Wildman–Crippen LogP) is 2.33. The Kier molecular flexibility index (Phi) is 3.86. The first-order valence-electron chi connectivity index (χ1n) is 4.80. The monoisotopic (exact) mass is 209 g/mol. The van der Waals surface area contributed by atoms with Crippen molar-refractivity contribution in [3.63, 3.8) is 0 Å². The van der Waals surface area contributed by atoms with E-state index in [9.17, 15) is 4.39 Å². The number of hydrogen-bond acceptors (Lipinski definition) is 2. The van der Waals surface area contributed by atoms with Crippen molar-refractivity contribution in [1.29, 1.82) is 0 Å². The van der Waals surface area contributed by atoms with Crippen LogP contribution in [0.3, 0.4) is 0 Å². The Balaban J connectivity index is 3.02. The molecule has 0 fully saturated rings. The van der Waals surface area contributed by atoms with Crippen molar-refractivity contribution in [3.05, 3.63) is 41.7 Å². The molecule has 82 valence electrons. The lowest BCUT2D eigenvalue weighted by Crippen LogP contribution is -2.21. The molecule has 0 aromatic heterocycles. The standard InChI is InChI=1S/C12H16FNO/c1-9(2)7-14(3)12-6-4-5-11(13)10(12)8-15/h4-6,15H,1,7-8H2,2-3H3. The van der Waals surface area contributed by atoms with Crippen molar-refractivity contribution >= 4 is 5.69 Å². The zero-order valence-corrected chi connectivity index (χ0v) is 9.13. The van der Waals surface area contributed by atoms with Gasteiger partial charge >= 0.3 is 0 Å². The highest BCUT2D eigenvalue weighted by molar-refractivity contribution is 5.54. The molecule has 0 unspecified atom stereocenters. The number of hydrogen-bond donors (Lipinski definition) is 1. The summed E-state index contributed by atoms with van der Waals surface area (Å²) in [6, 6.07) is 4.78. The third-order valence-electron chi connectivity index (χ3n) is 2.17. The normalized spacial score (nSPS) is 10.1. The number of benzene rings is 1. The van der Waals surface area contributed by atoms with Gasteiger partial charge in [-0.05, 0) is 19.1 Å². The molecule has 1 aromatic carbocycles. The minimum Gasteiger partial charge on any atom is -0.391 e. The summed E-state index contributed by atoms with van der Waals surface area (Å²) in [6.07, 6.45) is 0. The largest absolute Gasteiger partial charge is 0.391 e. The molecule has 0 radical (unpaired) electrons. The lowest BCUT2D eigenvalue weighted by atomic mass is 10.1. The average Bonchev–Trinajstić information content (AvgIpc) is 2.16. The molecule has 0 aliphatic heterocycles. The van der Waals surface area contributed by atoms with Crippen LogP contribution in [0, 0.1) is 5.82 Å². The van der Waals surface area contributed by atoms with E-state index in [2.05, 4.69) is 6.58 Å². The highest BCUT2D eigenvalue weighted by atomic mass is 19.1. The van der Waals surface area contributed by atoms with Crippen molar-refractivity contribution in [1.82, 2.24) is 0 Å². The minimum absolute atomic E-state index is 0.289. The Morgan fingerprint density at radius 2 is 2.20 bits per heavy atom. The van der Waals surface area contributed by atoms with E-state index in [0.717, 1.165) is 5.57 Å². The first kappa shape index (κ1) is 11.7. The third kappa shape index (κ3) is 2.80. The summed E-state index contributed by atoms with van der Waals surface area (Å²) >= 11 is 0. The van der Waals surface area contributed by atoms with Gasteiger partial charge in [-0.2, -0.15) is 0 Å². The van der Waals surface area contributed by atoms with Crippen LogP contribution in [0.25, 0.3) is 0 Å². The van der Waals surface area contributed by atoms with Gasteiger partial charge in [-0.25, -0.2) is 4.39 Å². The second-order valence-electron chi connectivity index (χ2n) is 3.71. The summed E-state index contributed by atoms with van der Waals surface area (Å²) in [5.41, 5.74) is 2.03. The summed E-state index contributed by atoms with van der Waals surface area (Å²) in [5, 5.41) is 9.09. The second-order valence-corrected chi connectivity index (χ2v) is 3.71. The third-order valence-corrected chi connectivity index (χ3v) is 2.17. The highest BCUT2D eigenvalue weighted by Gasteiger charge is 2.10. The molecule has 0 atom stereocenters. The fourth-order valence-corrected chi connectivity index (χ4v) is 1.55. The molecule has 0 aliphatic rings. The van der Waals surface area contributed by atoms with Crippen LogP contribution < -0.4 is 4.90 Å². The highest BCUT2D eigenvalue weighted by Crippen LogP contribution is 2.22. The lowest BCUT2D eigenvalue weighted by Gasteiger charge is -2.22. The Morgan fingerprint density at radius 1 is 1.53 bits per heavy atom. The van der Waals surface area contributed by atoms with Gasteiger partial charge in [-0.3, -0.25) is 0 Å². The van der Waals surface area contributed by atoms with E-state index in [1.54, 1.807) is 12.1 Å². The molecule has 0 bridgehead atoms. The summed E-state index contributed by atoms with van der Waals surface area (Å²) in [4.78, 5) is 1.87. The number of nitrogens with zero attached hydrogens (tertiary/aromatic N) is 1. The van der Waals surface area contributed by atoms with Gasteiger partial charge in [-0.1, -0.05) is 18.2 Å². The molecule has 1 rings (SSSR count). The van der Waals surface area contributed by atoms with Gasteiger partial charge < -0.3 is 10.0 Å². The molecular formula is C12H16FNO. The Morgan fingerprint density at radius 3 is 2.73 bits per heavy atom. The zero-order chi connectivity index (χ0) is 11.4. The van der Waals surface area contributed by atoms with E-state index < -0.39 is 0 Å². The fourth-order valence-electron chi connectivity index (χ4n) is 1.55. The van der Waals surface area contributed by atoms with Crippen LogP contribution in [0.4, 0.5) is 10.1 Å². The fraction of sp³-hybridized carbons (Fsp3) is 0.333.